The van der Waals surface area contributed by atoms with Crippen LogP contribution in [-0.2, 0) is 9.47 Å². The van der Waals surface area contributed by atoms with Gasteiger partial charge in [-0.3, -0.25) is 10.1 Å². The Balaban J connectivity index is 1.45. The molecule has 4 rings (SSSR count). The van der Waals surface area contributed by atoms with E-state index in [4.69, 9.17) is 14.2 Å². The van der Waals surface area contributed by atoms with Gasteiger partial charge in [0.05, 0.1) is 23.7 Å². The first-order valence-corrected chi connectivity index (χ1v) is 11.2. The number of fused-ring (bicyclic) bond motifs is 1. The highest BCUT2D eigenvalue weighted by atomic mass is 16.7. The Morgan fingerprint density at radius 2 is 2.06 bits per heavy atom. The summed E-state index contributed by atoms with van der Waals surface area (Å²) in [6.07, 6.45) is 4.95. The highest BCUT2D eigenvalue weighted by Gasteiger charge is 2.20. The largest absolute Gasteiger partial charge is 0.487 e. The molecule has 9 heteroatoms. The minimum absolute atomic E-state index is 0.0348. The standard InChI is InChI=1S/C24H28N4O5/c1-17(18-8-3-2-4-9-18)27-24-19-14-21(28(29)30)22(15-20(19)25-16-26-24)31-12-7-13-33-23-10-5-6-11-32-23/h2-4,8-9,14-17,23H,5-7,10-13H2,1H3,(H,25,26,27). The molecule has 1 saturated heterocycles. The Bertz CT molecular complexity index is 1070. The van der Waals surface area contributed by atoms with E-state index in [2.05, 4.69) is 15.3 Å². The quantitative estimate of drug-likeness (QED) is 0.259. The lowest BCUT2D eigenvalue weighted by atomic mass is 10.1. The molecule has 1 aliphatic heterocycles. The molecule has 33 heavy (non-hydrogen) atoms. The molecule has 1 fully saturated rings. The maximum absolute atomic E-state index is 11.7. The summed E-state index contributed by atoms with van der Waals surface area (Å²) in [6.45, 7) is 3.50. The van der Waals surface area contributed by atoms with Crippen molar-refractivity contribution in [2.45, 2.75) is 44.9 Å². The molecule has 0 aliphatic carbocycles. The zero-order chi connectivity index (χ0) is 23.0. The molecular formula is C24H28N4O5. The van der Waals surface area contributed by atoms with Crippen LogP contribution in [0.5, 0.6) is 5.75 Å². The molecule has 0 spiro atoms. The second-order valence-corrected chi connectivity index (χ2v) is 7.96. The zero-order valence-electron chi connectivity index (χ0n) is 18.6. The van der Waals surface area contributed by atoms with Crippen LogP contribution in [0.25, 0.3) is 10.9 Å². The average Bonchev–Trinajstić information content (AvgIpc) is 2.84. The molecular weight excluding hydrogens is 424 g/mol. The molecule has 0 bridgehead atoms. The van der Waals surface area contributed by atoms with E-state index in [9.17, 15) is 10.1 Å². The van der Waals surface area contributed by atoms with Crippen molar-refractivity contribution in [1.82, 2.24) is 9.97 Å². The van der Waals surface area contributed by atoms with Crippen molar-refractivity contribution in [2.75, 3.05) is 25.1 Å². The SMILES string of the molecule is CC(Nc1ncnc2cc(OCCCOC3CCCCO3)c([N+](=O)[O-])cc12)c1ccccc1. The first kappa shape index (κ1) is 22.9. The van der Waals surface area contributed by atoms with Gasteiger partial charge in [-0.25, -0.2) is 9.97 Å². The Kier molecular flexibility index (Phi) is 7.64. The summed E-state index contributed by atoms with van der Waals surface area (Å²) in [4.78, 5) is 19.9. The summed E-state index contributed by atoms with van der Waals surface area (Å²) < 4.78 is 17.0. The molecule has 2 aromatic carbocycles. The number of hydrogen-bond acceptors (Lipinski definition) is 8. The van der Waals surface area contributed by atoms with Crippen molar-refractivity contribution >= 4 is 22.4 Å². The average molecular weight is 453 g/mol. The zero-order valence-corrected chi connectivity index (χ0v) is 18.6. The van der Waals surface area contributed by atoms with Crippen LogP contribution < -0.4 is 10.1 Å². The monoisotopic (exact) mass is 452 g/mol. The first-order chi connectivity index (χ1) is 16.1. The molecule has 2 atom stereocenters. The lowest BCUT2D eigenvalue weighted by molar-refractivity contribution is -0.385. The predicted molar refractivity (Wildman–Crippen MR) is 124 cm³/mol. The number of nitro groups is 1. The van der Waals surface area contributed by atoms with Crippen LogP contribution in [0.2, 0.25) is 0 Å². The number of nitrogens with zero attached hydrogens (tertiary/aromatic N) is 3. The Morgan fingerprint density at radius 3 is 2.82 bits per heavy atom. The normalized spacial score (nSPS) is 16.9. The van der Waals surface area contributed by atoms with Crippen LogP contribution in [0.4, 0.5) is 11.5 Å². The van der Waals surface area contributed by atoms with Crippen molar-refractivity contribution < 1.29 is 19.1 Å². The van der Waals surface area contributed by atoms with E-state index < -0.39 is 4.92 Å². The third-order valence-corrected chi connectivity index (χ3v) is 5.55. The topological polar surface area (TPSA) is 109 Å². The van der Waals surface area contributed by atoms with Crippen LogP contribution in [0, 0.1) is 10.1 Å². The van der Waals surface area contributed by atoms with Crippen LogP contribution in [0.1, 0.15) is 44.2 Å². The van der Waals surface area contributed by atoms with Crippen LogP contribution >= 0.6 is 0 Å². The lowest BCUT2D eigenvalue weighted by Gasteiger charge is -2.22. The van der Waals surface area contributed by atoms with Crippen LogP contribution in [0.3, 0.4) is 0 Å². The molecule has 1 aromatic heterocycles. The van der Waals surface area contributed by atoms with Gasteiger partial charge in [-0.05, 0) is 31.7 Å². The van der Waals surface area contributed by atoms with Crippen LogP contribution in [-0.4, -0.2) is 41.0 Å². The lowest BCUT2D eigenvalue weighted by Crippen LogP contribution is -2.23. The maximum Gasteiger partial charge on any atom is 0.311 e. The van der Waals surface area contributed by atoms with E-state index in [0.717, 1.165) is 31.4 Å². The molecule has 3 aromatic rings. The van der Waals surface area contributed by atoms with E-state index in [1.54, 1.807) is 6.07 Å². The first-order valence-electron chi connectivity index (χ1n) is 11.2. The van der Waals surface area contributed by atoms with Gasteiger partial charge < -0.3 is 19.5 Å². The molecule has 1 aliphatic rings. The molecule has 2 heterocycles. The van der Waals surface area contributed by atoms with Crippen molar-refractivity contribution in [3.8, 4) is 5.75 Å². The fourth-order valence-corrected chi connectivity index (χ4v) is 3.77. The van der Waals surface area contributed by atoms with Crippen molar-refractivity contribution in [2.24, 2.45) is 0 Å². The smallest absolute Gasteiger partial charge is 0.311 e. The molecule has 1 N–H and O–H groups in total. The highest BCUT2D eigenvalue weighted by molar-refractivity contribution is 5.92. The summed E-state index contributed by atoms with van der Waals surface area (Å²) in [5.74, 6) is 0.717. The van der Waals surface area contributed by atoms with E-state index in [1.165, 1.54) is 12.4 Å². The summed E-state index contributed by atoms with van der Waals surface area (Å²) in [7, 11) is 0. The molecule has 174 valence electrons. The minimum Gasteiger partial charge on any atom is -0.487 e. The van der Waals surface area contributed by atoms with E-state index in [-0.39, 0.29) is 23.8 Å². The molecule has 2 unspecified atom stereocenters. The predicted octanol–water partition coefficient (Wildman–Crippen LogP) is 5.02. The van der Waals surface area contributed by atoms with Crippen molar-refractivity contribution in [3.63, 3.8) is 0 Å². The third kappa shape index (κ3) is 5.94. The van der Waals surface area contributed by atoms with Gasteiger partial charge in [0.15, 0.2) is 12.0 Å². The number of hydrogen-bond donors (Lipinski definition) is 1. The van der Waals surface area contributed by atoms with E-state index in [0.29, 0.717) is 36.4 Å². The summed E-state index contributed by atoms with van der Waals surface area (Å²) in [6, 6.07) is 12.9. The highest BCUT2D eigenvalue weighted by Crippen LogP contribution is 2.34. The fraction of sp³-hybridized carbons (Fsp3) is 0.417. The summed E-state index contributed by atoms with van der Waals surface area (Å²) in [5, 5.41) is 15.6. The van der Waals surface area contributed by atoms with Gasteiger partial charge in [0, 0.05) is 36.6 Å². The van der Waals surface area contributed by atoms with Crippen LogP contribution in [0.15, 0.2) is 48.8 Å². The van der Waals surface area contributed by atoms with Gasteiger partial charge in [-0.1, -0.05) is 30.3 Å². The maximum atomic E-state index is 11.7. The number of nitrogens with one attached hydrogen (secondary N) is 1. The van der Waals surface area contributed by atoms with Crippen molar-refractivity contribution in [1.29, 1.82) is 0 Å². The molecule has 0 saturated carbocycles. The fourth-order valence-electron chi connectivity index (χ4n) is 3.77. The second kappa shape index (κ2) is 11.0. The minimum atomic E-state index is -0.446. The van der Waals surface area contributed by atoms with E-state index in [1.807, 2.05) is 37.3 Å². The third-order valence-electron chi connectivity index (χ3n) is 5.55. The molecule has 0 radical (unpaired) electrons. The Hall–Kier alpha value is -3.30. The number of nitro benzene ring substituents is 1. The van der Waals surface area contributed by atoms with Crippen molar-refractivity contribution in [3.05, 3.63) is 64.5 Å². The van der Waals surface area contributed by atoms with Gasteiger partial charge in [0.1, 0.15) is 12.1 Å². The summed E-state index contributed by atoms with van der Waals surface area (Å²) in [5.41, 5.74) is 1.53. The number of aromatic nitrogens is 2. The van der Waals surface area contributed by atoms with Gasteiger partial charge >= 0.3 is 5.69 Å². The number of rotatable bonds is 10. The molecule has 9 nitrogen and oxygen atoms in total. The van der Waals surface area contributed by atoms with Gasteiger partial charge in [-0.15, -0.1) is 0 Å². The molecule has 0 amide bonds. The van der Waals surface area contributed by atoms with Gasteiger partial charge in [0.25, 0.3) is 0 Å². The summed E-state index contributed by atoms with van der Waals surface area (Å²) >= 11 is 0. The Labute approximate surface area is 192 Å². The second-order valence-electron chi connectivity index (χ2n) is 7.96. The number of benzene rings is 2. The van der Waals surface area contributed by atoms with E-state index >= 15 is 0 Å². The Morgan fingerprint density at radius 1 is 1.21 bits per heavy atom. The van der Waals surface area contributed by atoms with Gasteiger partial charge in [-0.2, -0.15) is 0 Å². The number of anilines is 1. The van der Waals surface area contributed by atoms with Gasteiger partial charge in [0.2, 0.25) is 0 Å². The number of ether oxygens (including phenoxy) is 3.